The highest BCUT2D eigenvalue weighted by Crippen LogP contribution is 2.16. The maximum atomic E-state index is 12.6. The van der Waals surface area contributed by atoms with Crippen LogP contribution in [0.15, 0.2) is 36.7 Å². The van der Waals surface area contributed by atoms with Crippen molar-refractivity contribution < 1.29 is 4.79 Å². The number of nitrogens with one attached hydrogen (secondary N) is 1. The standard InChI is InChI=1S/C19H23N5O/c1-5-24-15(4)18(14(3)22-24)19(25)21-17-10-20-23(12-17)11-16-8-6-7-13(2)9-16/h6-10,12H,5,11H2,1-4H3,(H,21,25). The summed E-state index contributed by atoms with van der Waals surface area (Å²) in [6.07, 6.45) is 3.51. The van der Waals surface area contributed by atoms with Crippen LogP contribution in [0.4, 0.5) is 5.69 Å². The van der Waals surface area contributed by atoms with Crippen molar-refractivity contribution in [2.75, 3.05) is 5.32 Å². The van der Waals surface area contributed by atoms with E-state index in [-0.39, 0.29) is 5.91 Å². The van der Waals surface area contributed by atoms with E-state index in [1.165, 1.54) is 11.1 Å². The Bertz CT molecular complexity index is 906. The second-order valence-corrected chi connectivity index (χ2v) is 6.23. The lowest BCUT2D eigenvalue weighted by molar-refractivity contribution is 0.102. The van der Waals surface area contributed by atoms with Crippen LogP contribution in [0.5, 0.6) is 0 Å². The second-order valence-electron chi connectivity index (χ2n) is 6.23. The number of benzene rings is 1. The maximum Gasteiger partial charge on any atom is 0.259 e. The summed E-state index contributed by atoms with van der Waals surface area (Å²) < 4.78 is 3.66. The second kappa shape index (κ2) is 6.93. The number of aromatic nitrogens is 4. The topological polar surface area (TPSA) is 64.7 Å². The van der Waals surface area contributed by atoms with Crippen molar-refractivity contribution in [1.29, 1.82) is 0 Å². The summed E-state index contributed by atoms with van der Waals surface area (Å²) >= 11 is 0. The predicted molar refractivity (Wildman–Crippen MR) is 97.8 cm³/mol. The number of rotatable bonds is 5. The molecule has 25 heavy (non-hydrogen) atoms. The largest absolute Gasteiger partial charge is 0.319 e. The molecule has 0 bridgehead atoms. The van der Waals surface area contributed by atoms with Crippen LogP contribution in [-0.2, 0) is 13.1 Å². The zero-order valence-corrected chi connectivity index (χ0v) is 15.1. The molecule has 0 saturated carbocycles. The first-order valence-electron chi connectivity index (χ1n) is 8.41. The van der Waals surface area contributed by atoms with Gasteiger partial charge < -0.3 is 5.32 Å². The Hall–Kier alpha value is -2.89. The molecule has 130 valence electrons. The highest BCUT2D eigenvalue weighted by molar-refractivity contribution is 6.05. The maximum absolute atomic E-state index is 12.6. The van der Waals surface area contributed by atoms with Crippen LogP contribution in [0.1, 0.15) is 39.8 Å². The van der Waals surface area contributed by atoms with Crippen LogP contribution in [0.25, 0.3) is 0 Å². The molecule has 1 amide bonds. The number of nitrogens with zero attached hydrogens (tertiary/aromatic N) is 4. The number of carbonyl (C=O) groups is 1. The van der Waals surface area contributed by atoms with Gasteiger partial charge in [-0.1, -0.05) is 29.8 Å². The Balaban J connectivity index is 1.73. The van der Waals surface area contributed by atoms with Gasteiger partial charge in [-0.05, 0) is 33.3 Å². The minimum absolute atomic E-state index is 0.148. The smallest absolute Gasteiger partial charge is 0.259 e. The van der Waals surface area contributed by atoms with Gasteiger partial charge in [-0.3, -0.25) is 14.2 Å². The van der Waals surface area contributed by atoms with Crippen molar-refractivity contribution >= 4 is 11.6 Å². The van der Waals surface area contributed by atoms with E-state index in [1.807, 2.05) is 42.4 Å². The Kier molecular flexibility index (Phi) is 4.70. The minimum atomic E-state index is -0.148. The fourth-order valence-corrected chi connectivity index (χ4v) is 3.04. The third-order valence-electron chi connectivity index (χ3n) is 4.23. The van der Waals surface area contributed by atoms with Gasteiger partial charge in [0.2, 0.25) is 0 Å². The molecule has 0 radical (unpaired) electrons. The molecule has 2 heterocycles. The molecule has 0 spiro atoms. The predicted octanol–water partition coefficient (Wildman–Crippen LogP) is 3.33. The molecule has 0 aliphatic heterocycles. The molecular weight excluding hydrogens is 314 g/mol. The summed E-state index contributed by atoms with van der Waals surface area (Å²) in [6, 6.07) is 8.30. The van der Waals surface area contributed by atoms with Crippen LogP contribution in [-0.4, -0.2) is 25.5 Å². The molecule has 2 aromatic heterocycles. The van der Waals surface area contributed by atoms with Crippen molar-refractivity contribution in [3.8, 4) is 0 Å². The summed E-state index contributed by atoms with van der Waals surface area (Å²) in [7, 11) is 0. The number of aryl methyl sites for hydroxylation is 3. The average Bonchev–Trinajstić information content (AvgIpc) is 3.11. The highest BCUT2D eigenvalue weighted by Gasteiger charge is 2.18. The zero-order valence-electron chi connectivity index (χ0n) is 15.1. The molecule has 0 aliphatic carbocycles. The molecule has 1 aromatic carbocycles. The van der Waals surface area contributed by atoms with E-state index in [0.29, 0.717) is 17.8 Å². The minimum Gasteiger partial charge on any atom is -0.319 e. The monoisotopic (exact) mass is 337 g/mol. The van der Waals surface area contributed by atoms with Crippen LogP contribution >= 0.6 is 0 Å². The normalized spacial score (nSPS) is 10.9. The molecule has 6 heteroatoms. The van der Waals surface area contributed by atoms with Crippen molar-refractivity contribution in [2.24, 2.45) is 0 Å². The number of anilines is 1. The zero-order chi connectivity index (χ0) is 18.0. The number of amides is 1. The van der Waals surface area contributed by atoms with Gasteiger partial charge >= 0.3 is 0 Å². The fourth-order valence-electron chi connectivity index (χ4n) is 3.04. The van der Waals surface area contributed by atoms with E-state index in [9.17, 15) is 4.79 Å². The quantitative estimate of drug-likeness (QED) is 0.777. The first-order chi connectivity index (χ1) is 12.0. The number of hydrogen-bond donors (Lipinski definition) is 1. The van der Waals surface area contributed by atoms with E-state index in [0.717, 1.165) is 17.9 Å². The van der Waals surface area contributed by atoms with Gasteiger partial charge in [0.05, 0.1) is 29.7 Å². The third kappa shape index (κ3) is 3.63. The van der Waals surface area contributed by atoms with Gasteiger partial charge in [0.15, 0.2) is 0 Å². The van der Waals surface area contributed by atoms with Crippen molar-refractivity contribution in [3.05, 3.63) is 64.7 Å². The molecular formula is C19H23N5O. The Morgan fingerprint density at radius 1 is 1.24 bits per heavy atom. The molecule has 0 fully saturated rings. The van der Waals surface area contributed by atoms with Crippen LogP contribution < -0.4 is 5.32 Å². The summed E-state index contributed by atoms with van der Waals surface area (Å²) in [5, 5.41) is 11.7. The van der Waals surface area contributed by atoms with E-state index in [2.05, 4.69) is 40.6 Å². The molecule has 0 saturated heterocycles. The van der Waals surface area contributed by atoms with Crippen molar-refractivity contribution in [2.45, 2.75) is 40.8 Å². The lowest BCUT2D eigenvalue weighted by Gasteiger charge is -2.04. The molecule has 0 unspecified atom stereocenters. The van der Waals surface area contributed by atoms with E-state index in [4.69, 9.17) is 0 Å². The Morgan fingerprint density at radius 3 is 2.72 bits per heavy atom. The first-order valence-corrected chi connectivity index (χ1v) is 8.41. The van der Waals surface area contributed by atoms with Gasteiger partial charge in [-0.2, -0.15) is 10.2 Å². The van der Waals surface area contributed by atoms with Crippen LogP contribution in [0.2, 0.25) is 0 Å². The van der Waals surface area contributed by atoms with Gasteiger partial charge in [0, 0.05) is 18.4 Å². The first kappa shape index (κ1) is 17.0. The third-order valence-corrected chi connectivity index (χ3v) is 4.23. The van der Waals surface area contributed by atoms with Crippen LogP contribution in [0, 0.1) is 20.8 Å². The fraction of sp³-hybridized carbons (Fsp3) is 0.316. The van der Waals surface area contributed by atoms with Gasteiger partial charge in [-0.15, -0.1) is 0 Å². The molecule has 3 rings (SSSR count). The average molecular weight is 337 g/mol. The van der Waals surface area contributed by atoms with E-state index >= 15 is 0 Å². The Labute approximate surface area is 147 Å². The highest BCUT2D eigenvalue weighted by atomic mass is 16.1. The number of carbonyl (C=O) groups excluding carboxylic acids is 1. The van der Waals surface area contributed by atoms with Crippen LogP contribution in [0.3, 0.4) is 0 Å². The molecule has 1 N–H and O–H groups in total. The summed E-state index contributed by atoms with van der Waals surface area (Å²) in [5.41, 5.74) is 5.33. The van der Waals surface area contributed by atoms with Gasteiger partial charge in [-0.25, -0.2) is 0 Å². The molecule has 0 aliphatic rings. The van der Waals surface area contributed by atoms with Gasteiger partial charge in [0.1, 0.15) is 0 Å². The number of hydrogen-bond acceptors (Lipinski definition) is 3. The lowest BCUT2D eigenvalue weighted by Crippen LogP contribution is -2.14. The summed E-state index contributed by atoms with van der Waals surface area (Å²) in [5.74, 6) is -0.148. The van der Waals surface area contributed by atoms with Crippen molar-refractivity contribution in [1.82, 2.24) is 19.6 Å². The summed E-state index contributed by atoms with van der Waals surface area (Å²) in [4.78, 5) is 12.6. The van der Waals surface area contributed by atoms with E-state index in [1.54, 1.807) is 6.20 Å². The Morgan fingerprint density at radius 2 is 2.04 bits per heavy atom. The molecule has 3 aromatic rings. The molecule has 6 nitrogen and oxygen atoms in total. The SMILES string of the molecule is CCn1nc(C)c(C(=O)Nc2cnn(Cc3cccc(C)c3)c2)c1C. The van der Waals surface area contributed by atoms with Gasteiger partial charge in [0.25, 0.3) is 5.91 Å². The van der Waals surface area contributed by atoms with E-state index < -0.39 is 0 Å². The molecule has 0 atom stereocenters. The lowest BCUT2D eigenvalue weighted by atomic mass is 10.1. The van der Waals surface area contributed by atoms with Crippen molar-refractivity contribution in [3.63, 3.8) is 0 Å². The summed E-state index contributed by atoms with van der Waals surface area (Å²) in [6.45, 7) is 9.27.